The van der Waals surface area contributed by atoms with Gasteiger partial charge in [0.2, 0.25) is 11.5 Å². The van der Waals surface area contributed by atoms with Gasteiger partial charge in [-0.25, -0.2) is 13.6 Å². The number of rotatable bonds is 6. The summed E-state index contributed by atoms with van der Waals surface area (Å²) in [5, 5.41) is 20.2. The summed E-state index contributed by atoms with van der Waals surface area (Å²) in [6.07, 6.45) is -1.07. The summed E-state index contributed by atoms with van der Waals surface area (Å²) >= 11 is 0. The topological polar surface area (TPSA) is 116 Å². The summed E-state index contributed by atoms with van der Waals surface area (Å²) in [7, 11) is 0. The highest BCUT2D eigenvalue weighted by molar-refractivity contribution is 6.65. The zero-order valence-corrected chi connectivity index (χ0v) is 9.76. The number of hydrogen-bond acceptors (Lipinski definition) is 5. The van der Waals surface area contributed by atoms with E-state index in [2.05, 4.69) is 5.10 Å². The molecule has 0 fully saturated rings. The second kappa shape index (κ2) is 6.36. The first-order valence-electron chi connectivity index (χ1n) is 5.08. The Labute approximate surface area is 110 Å². The van der Waals surface area contributed by atoms with Crippen molar-refractivity contribution in [2.24, 2.45) is 5.10 Å². The van der Waals surface area contributed by atoms with Crippen molar-refractivity contribution in [2.75, 3.05) is 5.43 Å². The number of ketones is 1. The van der Waals surface area contributed by atoms with Gasteiger partial charge in [0.25, 0.3) is 0 Å². The Balaban J connectivity index is 2.95. The third-order valence-electron chi connectivity index (χ3n) is 2.00. The number of nitrogens with one attached hydrogen (secondary N) is 1. The maximum atomic E-state index is 13.2. The number of carbonyl (C=O) groups is 3. The molecule has 0 spiro atoms. The summed E-state index contributed by atoms with van der Waals surface area (Å²) in [6.45, 7) is 0. The van der Waals surface area contributed by atoms with Crippen LogP contribution in [0.4, 0.5) is 14.5 Å². The van der Waals surface area contributed by atoms with E-state index in [-0.39, 0.29) is 5.69 Å². The van der Waals surface area contributed by atoms with Crippen molar-refractivity contribution in [1.82, 2.24) is 0 Å². The number of hydrazone groups is 1. The van der Waals surface area contributed by atoms with Gasteiger partial charge in [0.1, 0.15) is 12.2 Å². The normalized spacial score (nSPS) is 11.0. The number of halogens is 2. The van der Waals surface area contributed by atoms with Gasteiger partial charge in [0.05, 0.1) is 5.69 Å². The third kappa shape index (κ3) is 4.12. The van der Waals surface area contributed by atoms with Gasteiger partial charge in [0, 0.05) is 6.07 Å². The van der Waals surface area contributed by atoms with Gasteiger partial charge in [0.15, 0.2) is 5.82 Å². The minimum absolute atomic E-state index is 0.367. The van der Waals surface area contributed by atoms with E-state index < -0.39 is 41.5 Å². The third-order valence-corrected chi connectivity index (χ3v) is 2.00. The van der Waals surface area contributed by atoms with Crippen LogP contribution in [0.1, 0.15) is 6.42 Å². The standard InChI is InChI=1S/C11H8F2N2O5/c12-5-1-2-7(6(13)3-5)14-15-10(11(19)20)8(16)4-9(17)18/h1-3,14H,4H2,(H,17,18)(H,19,20)/b15-10+. The number of nitrogens with zero attached hydrogens (tertiary/aromatic N) is 1. The lowest BCUT2D eigenvalue weighted by atomic mass is 10.2. The van der Waals surface area contributed by atoms with Gasteiger partial charge in [-0.2, -0.15) is 5.10 Å². The molecule has 1 aromatic rings. The minimum atomic E-state index is -1.77. The zero-order chi connectivity index (χ0) is 15.3. The van der Waals surface area contributed by atoms with E-state index in [9.17, 15) is 23.2 Å². The predicted octanol–water partition coefficient (Wildman–Crippen LogP) is 0.861. The number of anilines is 1. The Kier molecular flexibility index (Phi) is 4.84. The van der Waals surface area contributed by atoms with E-state index in [1.165, 1.54) is 0 Å². The lowest BCUT2D eigenvalue weighted by molar-refractivity contribution is -0.139. The van der Waals surface area contributed by atoms with Crippen LogP contribution in [0.3, 0.4) is 0 Å². The molecule has 0 aromatic heterocycles. The molecule has 9 heteroatoms. The van der Waals surface area contributed by atoms with Gasteiger partial charge in [-0.05, 0) is 12.1 Å². The predicted molar refractivity (Wildman–Crippen MR) is 62.3 cm³/mol. The van der Waals surface area contributed by atoms with Crippen molar-refractivity contribution >= 4 is 29.1 Å². The lowest BCUT2D eigenvalue weighted by Gasteiger charge is -2.03. The van der Waals surface area contributed by atoms with Gasteiger partial charge >= 0.3 is 11.9 Å². The maximum Gasteiger partial charge on any atom is 0.360 e. The minimum Gasteiger partial charge on any atom is -0.481 e. The fourth-order valence-electron chi connectivity index (χ4n) is 1.15. The van der Waals surface area contributed by atoms with Crippen LogP contribution in [-0.2, 0) is 14.4 Å². The Morgan fingerprint density at radius 1 is 1.20 bits per heavy atom. The molecule has 0 bridgehead atoms. The number of hydrogen-bond donors (Lipinski definition) is 3. The molecular formula is C11H8F2N2O5. The number of carboxylic acid groups (broad SMARTS) is 2. The van der Waals surface area contributed by atoms with Gasteiger partial charge < -0.3 is 10.2 Å². The lowest BCUT2D eigenvalue weighted by Crippen LogP contribution is -2.27. The highest BCUT2D eigenvalue weighted by Gasteiger charge is 2.22. The summed E-state index contributed by atoms with van der Waals surface area (Å²) < 4.78 is 25.8. The molecular weight excluding hydrogens is 278 g/mol. The average Bonchev–Trinajstić information content (AvgIpc) is 2.30. The highest BCUT2D eigenvalue weighted by atomic mass is 19.1. The second-order valence-electron chi connectivity index (χ2n) is 3.50. The van der Waals surface area contributed by atoms with Crippen molar-refractivity contribution < 1.29 is 33.4 Å². The van der Waals surface area contributed by atoms with Crippen molar-refractivity contribution in [3.8, 4) is 0 Å². The maximum absolute atomic E-state index is 13.2. The molecule has 0 heterocycles. The molecule has 106 valence electrons. The molecule has 3 N–H and O–H groups in total. The van der Waals surface area contributed by atoms with Gasteiger partial charge in [-0.3, -0.25) is 15.0 Å². The molecule has 0 atom stereocenters. The molecule has 0 aliphatic carbocycles. The Morgan fingerprint density at radius 2 is 1.85 bits per heavy atom. The fourth-order valence-corrected chi connectivity index (χ4v) is 1.15. The number of aliphatic carboxylic acids is 2. The molecule has 20 heavy (non-hydrogen) atoms. The van der Waals surface area contributed by atoms with E-state index in [0.29, 0.717) is 6.07 Å². The van der Waals surface area contributed by atoms with E-state index >= 15 is 0 Å². The summed E-state index contributed by atoms with van der Waals surface area (Å²) in [6, 6.07) is 2.35. The monoisotopic (exact) mass is 286 g/mol. The Morgan fingerprint density at radius 3 is 2.35 bits per heavy atom. The highest BCUT2D eigenvalue weighted by Crippen LogP contribution is 2.14. The SMILES string of the molecule is O=C(O)CC(=O)/C(=N\Nc1ccc(F)cc1F)C(=O)O. The number of benzene rings is 1. The van der Waals surface area contributed by atoms with E-state index in [1.807, 2.05) is 5.43 Å². The first kappa shape index (κ1) is 15.2. The first-order chi connectivity index (χ1) is 9.31. The Bertz CT molecular complexity index is 600. The molecule has 0 saturated heterocycles. The molecule has 0 aliphatic heterocycles. The smallest absolute Gasteiger partial charge is 0.360 e. The van der Waals surface area contributed by atoms with Gasteiger partial charge in [-0.15, -0.1) is 0 Å². The number of carbonyl (C=O) groups excluding carboxylic acids is 1. The summed E-state index contributed by atoms with van der Waals surface area (Å²) in [5.41, 5.74) is 0.459. The zero-order valence-electron chi connectivity index (χ0n) is 9.76. The Hall–Kier alpha value is -2.84. The molecule has 0 aliphatic rings. The molecule has 0 amide bonds. The molecule has 1 aromatic carbocycles. The van der Waals surface area contributed by atoms with Crippen LogP contribution in [0.15, 0.2) is 23.3 Å². The van der Waals surface area contributed by atoms with Gasteiger partial charge in [-0.1, -0.05) is 0 Å². The molecule has 0 unspecified atom stereocenters. The molecule has 7 nitrogen and oxygen atoms in total. The summed E-state index contributed by atoms with van der Waals surface area (Å²) in [5.74, 6) is -6.47. The van der Waals surface area contributed by atoms with E-state index in [0.717, 1.165) is 12.1 Å². The number of carboxylic acids is 2. The van der Waals surface area contributed by atoms with Crippen LogP contribution >= 0.6 is 0 Å². The molecule has 0 saturated carbocycles. The molecule has 0 radical (unpaired) electrons. The average molecular weight is 286 g/mol. The molecule has 1 rings (SSSR count). The van der Waals surface area contributed by atoms with Crippen LogP contribution in [0.5, 0.6) is 0 Å². The fraction of sp³-hybridized carbons (Fsp3) is 0.0909. The van der Waals surface area contributed by atoms with Crippen LogP contribution < -0.4 is 5.43 Å². The van der Waals surface area contributed by atoms with Crippen molar-refractivity contribution in [1.29, 1.82) is 0 Å². The summed E-state index contributed by atoms with van der Waals surface area (Å²) in [4.78, 5) is 32.3. The van der Waals surface area contributed by atoms with Crippen LogP contribution in [0, 0.1) is 11.6 Å². The largest absolute Gasteiger partial charge is 0.481 e. The number of Topliss-reactive ketones (excluding diaryl/α,β-unsaturated/α-hetero) is 1. The van der Waals surface area contributed by atoms with E-state index in [1.54, 1.807) is 0 Å². The second-order valence-corrected chi connectivity index (χ2v) is 3.50. The van der Waals surface area contributed by atoms with Crippen molar-refractivity contribution in [2.45, 2.75) is 6.42 Å². The van der Waals surface area contributed by atoms with Crippen LogP contribution in [0.25, 0.3) is 0 Å². The van der Waals surface area contributed by atoms with Crippen molar-refractivity contribution in [3.05, 3.63) is 29.8 Å². The van der Waals surface area contributed by atoms with E-state index in [4.69, 9.17) is 10.2 Å². The van der Waals surface area contributed by atoms with Crippen LogP contribution in [-0.4, -0.2) is 33.6 Å². The quantitative estimate of drug-likeness (QED) is 0.406. The first-order valence-corrected chi connectivity index (χ1v) is 5.08. The van der Waals surface area contributed by atoms with Crippen molar-refractivity contribution in [3.63, 3.8) is 0 Å². The van der Waals surface area contributed by atoms with Crippen LogP contribution in [0.2, 0.25) is 0 Å².